The number of rotatable bonds is 0. The molecule has 0 bridgehead atoms. The lowest BCUT2D eigenvalue weighted by molar-refractivity contribution is 0.519. The fourth-order valence-electron chi connectivity index (χ4n) is 1.66. The first-order valence-electron chi connectivity index (χ1n) is 4.31. The Morgan fingerprint density at radius 2 is 2.25 bits per heavy atom. The highest BCUT2D eigenvalue weighted by Crippen LogP contribution is 2.25. The molecule has 0 atom stereocenters. The highest BCUT2D eigenvalue weighted by atomic mass is 127. The van der Waals surface area contributed by atoms with Crippen molar-refractivity contribution in [1.82, 2.24) is 3.11 Å². The zero-order chi connectivity index (χ0) is 8.39. The van der Waals surface area contributed by atoms with Crippen LogP contribution in [0.25, 0.3) is 0 Å². The van der Waals surface area contributed by atoms with Crippen LogP contribution in [0.15, 0.2) is 35.5 Å². The summed E-state index contributed by atoms with van der Waals surface area (Å²) in [5, 5.41) is 0. The van der Waals surface area contributed by atoms with E-state index < -0.39 is 0 Å². The van der Waals surface area contributed by atoms with Crippen molar-refractivity contribution in [1.29, 1.82) is 0 Å². The van der Waals surface area contributed by atoms with E-state index >= 15 is 0 Å². The van der Waals surface area contributed by atoms with Crippen molar-refractivity contribution >= 4 is 22.9 Å². The minimum Gasteiger partial charge on any atom is -0.243 e. The third-order valence-electron chi connectivity index (χ3n) is 2.35. The van der Waals surface area contributed by atoms with Gasteiger partial charge in [-0.1, -0.05) is 24.3 Å². The lowest BCUT2D eigenvalue weighted by Gasteiger charge is -2.23. The van der Waals surface area contributed by atoms with E-state index in [1.165, 1.54) is 13.0 Å². The first kappa shape index (κ1) is 8.51. The Bertz CT molecular complexity index is 263. The SMILES string of the molecule is IN1CCC2=C(CC=CC=C2)C1. The van der Waals surface area contributed by atoms with E-state index in [0.29, 0.717) is 0 Å². The summed E-state index contributed by atoms with van der Waals surface area (Å²) in [5.74, 6) is 0. The second-order valence-electron chi connectivity index (χ2n) is 3.21. The molecule has 12 heavy (non-hydrogen) atoms. The lowest BCUT2D eigenvalue weighted by Crippen LogP contribution is -2.22. The summed E-state index contributed by atoms with van der Waals surface area (Å²) < 4.78 is 2.36. The van der Waals surface area contributed by atoms with Gasteiger partial charge in [0.1, 0.15) is 0 Å². The Balaban J connectivity index is 2.23. The standard InChI is InChI=1S/C10H12IN/c11-12-7-6-9-4-2-1-3-5-10(9)8-12/h1-4H,5-8H2. The quantitative estimate of drug-likeness (QED) is 0.484. The Morgan fingerprint density at radius 3 is 3.17 bits per heavy atom. The molecule has 1 aliphatic carbocycles. The predicted octanol–water partition coefficient (Wildman–Crippen LogP) is 2.85. The molecule has 0 radical (unpaired) electrons. The fourth-order valence-corrected chi connectivity index (χ4v) is 2.32. The molecule has 1 nitrogen and oxygen atoms in total. The molecule has 0 N–H and O–H groups in total. The number of hydrogen-bond acceptors (Lipinski definition) is 1. The van der Waals surface area contributed by atoms with Crippen molar-refractivity contribution in [2.45, 2.75) is 12.8 Å². The maximum Gasteiger partial charge on any atom is 0.0300 e. The molecule has 0 spiro atoms. The Hall–Kier alpha value is -0.0900. The summed E-state index contributed by atoms with van der Waals surface area (Å²) in [6.07, 6.45) is 11.2. The maximum atomic E-state index is 2.41. The minimum atomic E-state index is 1.14. The van der Waals surface area contributed by atoms with Crippen molar-refractivity contribution in [3.63, 3.8) is 0 Å². The van der Waals surface area contributed by atoms with Crippen LogP contribution in [0.4, 0.5) is 0 Å². The molecule has 0 aromatic carbocycles. The number of hydrogen-bond donors (Lipinski definition) is 0. The zero-order valence-corrected chi connectivity index (χ0v) is 9.12. The molecule has 0 saturated carbocycles. The summed E-state index contributed by atoms with van der Waals surface area (Å²) in [6, 6.07) is 0. The predicted molar refractivity (Wildman–Crippen MR) is 60.1 cm³/mol. The van der Waals surface area contributed by atoms with Crippen LogP contribution in [0.5, 0.6) is 0 Å². The second-order valence-corrected chi connectivity index (χ2v) is 4.58. The van der Waals surface area contributed by atoms with Gasteiger partial charge in [-0.05, 0) is 24.0 Å². The summed E-state index contributed by atoms with van der Waals surface area (Å²) in [6.45, 7) is 2.34. The van der Waals surface area contributed by atoms with Crippen LogP contribution >= 0.6 is 22.9 Å². The molecule has 0 amide bonds. The molecule has 0 unspecified atom stereocenters. The van der Waals surface area contributed by atoms with Gasteiger partial charge in [-0.3, -0.25) is 0 Å². The average molecular weight is 273 g/mol. The van der Waals surface area contributed by atoms with E-state index in [1.807, 2.05) is 0 Å². The van der Waals surface area contributed by atoms with Crippen LogP contribution in [0, 0.1) is 0 Å². The van der Waals surface area contributed by atoms with Gasteiger partial charge in [-0.25, -0.2) is 3.11 Å². The van der Waals surface area contributed by atoms with E-state index in [0.717, 1.165) is 13.0 Å². The van der Waals surface area contributed by atoms with Gasteiger partial charge in [0.05, 0.1) is 0 Å². The summed E-state index contributed by atoms with van der Waals surface area (Å²) in [4.78, 5) is 0. The summed E-state index contributed by atoms with van der Waals surface area (Å²) in [5.41, 5.74) is 3.16. The Morgan fingerprint density at radius 1 is 1.33 bits per heavy atom. The third kappa shape index (κ3) is 1.80. The van der Waals surface area contributed by atoms with Crippen molar-refractivity contribution < 1.29 is 0 Å². The third-order valence-corrected chi connectivity index (χ3v) is 3.17. The molecule has 0 aromatic rings. The van der Waals surface area contributed by atoms with Crippen molar-refractivity contribution in [2.75, 3.05) is 13.1 Å². The van der Waals surface area contributed by atoms with Crippen LogP contribution < -0.4 is 0 Å². The van der Waals surface area contributed by atoms with Gasteiger partial charge in [0.25, 0.3) is 0 Å². The second kappa shape index (κ2) is 3.75. The van der Waals surface area contributed by atoms with Crippen LogP contribution in [0.3, 0.4) is 0 Å². The lowest BCUT2D eigenvalue weighted by atomic mass is 10.00. The highest BCUT2D eigenvalue weighted by Gasteiger charge is 2.14. The van der Waals surface area contributed by atoms with Crippen molar-refractivity contribution in [3.8, 4) is 0 Å². The zero-order valence-electron chi connectivity index (χ0n) is 6.96. The highest BCUT2D eigenvalue weighted by molar-refractivity contribution is 14.1. The molecule has 0 aromatic heterocycles. The molecule has 1 heterocycles. The molecular formula is C10H12IN. The summed E-state index contributed by atoms with van der Waals surface area (Å²) >= 11 is 2.41. The van der Waals surface area contributed by atoms with Gasteiger partial charge in [0.15, 0.2) is 0 Å². The number of halogens is 1. The van der Waals surface area contributed by atoms with Crippen LogP contribution in [0.2, 0.25) is 0 Å². The van der Waals surface area contributed by atoms with E-state index in [4.69, 9.17) is 0 Å². The van der Waals surface area contributed by atoms with Crippen molar-refractivity contribution in [3.05, 3.63) is 35.5 Å². The van der Waals surface area contributed by atoms with Crippen LogP contribution in [-0.2, 0) is 0 Å². The van der Waals surface area contributed by atoms with E-state index in [9.17, 15) is 0 Å². The van der Waals surface area contributed by atoms with Gasteiger partial charge >= 0.3 is 0 Å². The molecule has 2 heteroatoms. The molecule has 0 saturated heterocycles. The minimum absolute atomic E-state index is 1.14. The summed E-state index contributed by atoms with van der Waals surface area (Å²) in [7, 11) is 0. The van der Waals surface area contributed by atoms with E-state index in [2.05, 4.69) is 50.3 Å². The van der Waals surface area contributed by atoms with Crippen LogP contribution in [-0.4, -0.2) is 16.2 Å². The van der Waals surface area contributed by atoms with E-state index in [1.54, 1.807) is 11.1 Å². The smallest absolute Gasteiger partial charge is 0.0300 e. The molecule has 2 aliphatic rings. The molecule has 2 rings (SSSR count). The Labute approximate surface area is 87.3 Å². The molecule has 1 aliphatic heterocycles. The average Bonchev–Trinajstić information content (AvgIpc) is 2.28. The maximum absolute atomic E-state index is 2.41. The van der Waals surface area contributed by atoms with Gasteiger partial charge < -0.3 is 0 Å². The molecule has 64 valence electrons. The Kier molecular flexibility index (Phi) is 2.66. The number of allylic oxidation sites excluding steroid dienone is 4. The van der Waals surface area contributed by atoms with Gasteiger partial charge in [-0.2, -0.15) is 0 Å². The van der Waals surface area contributed by atoms with Gasteiger partial charge in [-0.15, -0.1) is 0 Å². The largest absolute Gasteiger partial charge is 0.243 e. The molecule has 0 fully saturated rings. The first-order valence-corrected chi connectivity index (χ1v) is 5.27. The van der Waals surface area contributed by atoms with Gasteiger partial charge in [0, 0.05) is 36.0 Å². The topological polar surface area (TPSA) is 3.24 Å². The monoisotopic (exact) mass is 273 g/mol. The van der Waals surface area contributed by atoms with Crippen molar-refractivity contribution in [2.24, 2.45) is 0 Å². The normalized spacial score (nSPS) is 24.1. The fraction of sp³-hybridized carbons (Fsp3) is 0.400. The van der Waals surface area contributed by atoms with Gasteiger partial charge in [0.2, 0.25) is 0 Å². The van der Waals surface area contributed by atoms with E-state index in [-0.39, 0.29) is 0 Å². The van der Waals surface area contributed by atoms with Crippen LogP contribution in [0.1, 0.15) is 12.8 Å². The first-order chi connectivity index (χ1) is 5.86. The molecular weight excluding hydrogens is 261 g/mol. The number of nitrogens with zero attached hydrogens (tertiary/aromatic N) is 1.